The molecule has 0 bridgehead atoms. The van der Waals surface area contributed by atoms with Gasteiger partial charge in [-0.1, -0.05) is 24.6 Å². The van der Waals surface area contributed by atoms with Crippen molar-refractivity contribution in [2.75, 3.05) is 5.73 Å². The Morgan fingerprint density at radius 2 is 2.07 bits per heavy atom. The van der Waals surface area contributed by atoms with E-state index < -0.39 is 0 Å². The van der Waals surface area contributed by atoms with E-state index in [4.69, 9.17) is 17.3 Å². The summed E-state index contributed by atoms with van der Waals surface area (Å²) in [7, 11) is 0. The number of halogens is 1. The van der Waals surface area contributed by atoms with Gasteiger partial charge in [-0.05, 0) is 19.1 Å². The number of para-hydroxylation sites is 1. The van der Waals surface area contributed by atoms with Crippen molar-refractivity contribution in [2.24, 2.45) is 0 Å². The summed E-state index contributed by atoms with van der Waals surface area (Å²) in [6.07, 6.45) is -0.363. The van der Waals surface area contributed by atoms with Crippen molar-refractivity contribution < 1.29 is 5.11 Å². The maximum atomic E-state index is 9.35. The molecule has 4 heteroatoms. The number of benzene rings is 1. The predicted octanol–water partition coefficient (Wildman–Crippen LogP) is 2.78. The molecule has 0 aliphatic carbocycles. The van der Waals surface area contributed by atoms with Crippen molar-refractivity contribution in [1.82, 2.24) is 0 Å². The van der Waals surface area contributed by atoms with Gasteiger partial charge in [0.25, 0.3) is 0 Å². The van der Waals surface area contributed by atoms with Crippen LogP contribution in [0.25, 0.3) is 0 Å². The van der Waals surface area contributed by atoms with Crippen molar-refractivity contribution in [3.63, 3.8) is 0 Å². The first kappa shape index (κ1) is 11.7. The Morgan fingerprint density at radius 3 is 2.64 bits per heavy atom. The zero-order valence-corrected chi connectivity index (χ0v) is 9.77. The van der Waals surface area contributed by atoms with Gasteiger partial charge >= 0.3 is 0 Å². The Kier molecular flexibility index (Phi) is 4.11. The first-order valence-electron chi connectivity index (χ1n) is 4.41. The molecular formula is C10H14ClNOS. The van der Waals surface area contributed by atoms with E-state index in [1.165, 1.54) is 11.8 Å². The van der Waals surface area contributed by atoms with Crippen LogP contribution < -0.4 is 5.73 Å². The van der Waals surface area contributed by atoms with E-state index in [1.54, 1.807) is 13.0 Å². The molecule has 1 rings (SSSR count). The van der Waals surface area contributed by atoms with E-state index in [9.17, 15) is 5.11 Å². The number of aliphatic hydroxyl groups is 1. The molecule has 0 heterocycles. The van der Waals surface area contributed by atoms with Gasteiger partial charge in [0, 0.05) is 10.1 Å². The molecule has 14 heavy (non-hydrogen) atoms. The molecule has 0 fully saturated rings. The average Bonchev–Trinajstić information content (AvgIpc) is 2.12. The molecule has 78 valence electrons. The van der Waals surface area contributed by atoms with Crippen LogP contribution in [-0.2, 0) is 0 Å². The fourth-order valence-corrected chi connectivity index (χ4v) is 2.14. The van der Waals surface area contributed by atoms with Gasteiger partial charge in [-0.3, -0.25) is 0 Å². The van der Waals surface area contributed by atoms with Gasteiger partial charge < -0.3 is 10.8 Å². The smallest absolute Gasteiger partial charge is 0.0646 e. The summed E-state index contributed by atoms with van der Waals surface area (Å²) in [4.78, 5) is 0.922. The molecule has 1 aromatic rings. The summed E-state index contributed by atoms with van der Waals surface area (Å²) in [6, 6.07) is 5.52. The minimum absolute atomic E-state index is 0.107. The first-order chi connectivity index (χ1) is 6.52. The number of hydrogen-bond acceptors (Lipinski definition) is 3. The summed E-state index contributed by atoms with van der Waals surface area (Å²) >= 11 is 7.41. The Hall–Kier alpha value is -0.380. The number of hydrogen-bond donors (Lipinski definition) is 2. The fourth-order valence-electron chi connectivity index (χ4n) is 0.919. The highest BCUT2D eigenvalue weighted by Crippen LogP contribution is 2.33. The maximum Gasteiger partial charge on any atom is 0.0646 e. The van der Waals surface area contributed by atoms with E-state index in [0.717, 1.165) is 4.90 Å². The lowest BCUT2D eigenvalue weighted by Gasteiger charge is -2.15. The third-order valence-corrected chi connectivity index (χ3v) is 3.71. The molecule has 0 spiro atoms. The van der Waals surface area contributed by atoms with Crippen molar-refractivity contribution in [3.05, 3.63) is 23.2 Å². The number of thioether (sulfide) groups is 1. The molecule has 1 aromatic carbocycles. The summed E-state index contributed by atoms with van der Waals surface area (Å²) in [5.41, 5.74) is 6.39. The average molecular weight is 232 g/mol. The van der Waals surface area contributed by atoms with Crippen molar-refractivity contribution >= 4 is 29.1 Å². The van der Waals surface area contributed by atoms with Crippen LogP contribution in [0.5, 0.6) is 0 Å². The third kappa shape index (κ3) is 2.80. The zero-order chi connectivity index (χ0) is 10.7. The molecule has 0 saturated heterocycles. The Bertz CT molecular complexity index is 317. The first-order valence-corrected chi connectivity index (χ1v) is 5.67. The molecule has 0 saturated carbocycles. The van der Waals surface area contributed by atoms with Gasteiger partial charge in [0.05, 0.1) is 16.8 Å². The minimum atomic E-state index is -0.363. The van der Waals surface area contributed by atoms with Gasteiger partial charge in [0.1, 0.15) is 0 Å². The lowest BCUT2D eigenvalue weighted by Crippen LogP contribution is -2.15. The molecule has 2 atom stereocenters. The van der Waals surface area contributed by atoms with E-state index in [2.05, 4.69) is 0 Å². The topological polar surface area (TPSA) is 46.2 Å². The van der Waals surface area contributed by atoms with E-state index in [0.29, 0.717) is 10.7 Å². The van der Waals surface area contributed by atoms with E-state index >= 15 is 0 Å². The largest absolute Gasteiger partial charge is 0.397 e. The van der Waals surface area contributed by atoms with Crippen LogP contribution in [0.3, 0.4) is 0 Å². The highest BCUT2D eigenvalue weighted by atomic mass is 35.5. The SMILES string of the molecule is CC(O)C(C)Sc1cccc(Cl)c1N. The molecular weight excluding hydrogens is 218 g/mol. The molecule has 2 nitrogen and oxygen atoms in total. The normalized spacial score (nSPS) is 15.1. The zero-order valence-electron chi connectivity index (χ0n) is 8.20. The molecule has 0 aliphatic rings. The van der Waals surface area contributed by atoms with Crippen LogP contribution in [0.1, 0.15) is 13.8 Å². The van der Waals surface area contributed by atoms with E-state index in [1.807, 2.05) is 19.1 Å². The van der Waals surface area contributed by atoms with Gasteiger partial charge in [-0.25, -0.2) is 0 Å². The number of nitrogen functional groups attached to an aromatic ring is 1. The second-order valence-electron chi connectivity index (χ2n) is 3.22. The van der Waals surface area contributed by atoms with Gasteiger partial charge in [-0.2, -0.15) is 0 Å². The maximum absolute atomic E-state index is 9.35. The van der Waals surface area contributed by atoms with Crippen LogP contribution in [0, 0.1) is 0 Å². The lowest BCUT2D eigenvalue weighted by atomic mass is 10.3. The fraction of sp³-hybridized carbons (Fsp3) is 0.400. The number of aliphatic hydroxyl groups excluding tert-OH is 1. The summed E-state index contributed by atoms with van der Waals surface area (Å²) in [6.45, 7) is 3.72. The Morgan fingerprint density at radius 1 is 1.43 bits per heavy atom. The molecule has 3 N–H and O–H groups in total. The van der Waals surface area contributed by atoms with Gasteiger partial charge in [0.15, 0.2) is 0 Å². The molecule has 0 aliphatic heterocycles. The van der Waals surface area contributed by atoms with Crippen molar-refractivity contribution in [3.8, 4) is 0 Å². The number of nitrogens with two attached hydrogens (primary N) is 1. The monoisotopic (exact) mass is 231 g/mol. The van der Waals surface area contributed by atoms with Crippen LogP contribution in [-0.4, -0.2) is 16.5 Å². The standard InChI is InChI=1S/C10H14ClNOS/c1-6(13)7(2)14-9-5-3-4-8(11)10(9)12/h3-7,13H,12H2,1-2H3. The lowest BCUT2D eigenvalue weighted by molar-refractivity contribution is 0.196. The van der Waals surface area contributed by atoms with Crippen molar-refractivity contribution in [2.45, 2.75) is 30.1 Å². The van der Waals surface area contributed by atoms with Gasteiger partial charge in [0.2, 0.25) is 0 Å². The van der Waals surface area contributed by atoms with Crippen molar-refractivity contribution in [1.29, 1.82) is 0 Å². The molecule has 0 aromatic heterocycles. The van der Waals surface area contributed by atoms with Crippen LogP contribution in [0.4, 0.5) is 5.69 Å². The summed E-state index contributed by atoms with van der Waals surface area (Å²) in [5.74, 6) is 0. The van der Waals surface area contributed by atoms with Gasteiger partial charge in [-0.15, -0.1) is 11.8 Å². The molecule has 0 radical (unpaired) electrons. The summed E-state index contributed by atoms with van der Waals surface area (Å²) < 4.78 is 0. The summed E-state index contributed by atoms with van der Waals surface area (Å²) in [5, 5.41) is 10.0. The Balaban J connectivity index is 2.82. The molecule has 2 unspecified atom stereocenters. The quantitative estimate of drug-likeness (QED) is 0.621. The highest BCUT2D eigenvalue weighted by molar-refractivity contribution is 8.00. The van der Waals surface area contributed by atoms with E-state index in [-0.39, 0.29) is 11.4 Å². The Labute approximate surface area is 93.5 Å². The second kappa shape index (κ2) is 4.91. The third-order valence-electron chi connectivity index (χ3n) is 2.01. The minimum Gasteiger partial charge on any atom is -0.397 e. The molecule has 0 amide bonds. The number of rotatable bonds is 3. The highest BCUT2D eigenvalue weighted by Gasteiger charge is 2.12. The van der Waals surface area contributed by atoms with Crippen LogP contribution in [0.2, 0.25) is 5.02 Å². The van der Waals surface area contributed by atoms with Crippen LogP contribution in [0.15, 0.2) is 23.1 Å². The predicted molar refractivity (Wildman–Crippen MR) is 62.9 cm³/mol. The van der Waals surface area contributed by atoms with Crippen LogP contribution >= 0.6 is 23.4 Å². The number of anilines is 1. The second-order valence-corrected chi connectivity index (χ2v) is 5.04.